The summed E-state index contributed by atoms with van der Waals surface area (Å²) in [6.07, 6.45) is 2.31. The van der Waals surface area contributed by atoms with Crippen molar-refractivity contribution < 1.29 is 14.6 Å². The summed E-state index contributed by atoms with van der Waals surface area (Å²) in [7, 11) is 1.77. The van der Waals surface area contributed by atoms with Crippen molar-refractivity contribution in [1.29, 1.82) is 0 Å². The van der Waals surface area contributed by atoms with Gasteiger partial charge in [-0.25, -0.2) is 4.79 Å². The molecule has 0 rings (SSSR count). The average molecular weight is 401 g/mol. The second kappa shape index (κ2) is 13.6. The number of carbonyl (C=O) groups is 1. The van der Waals surface area contributed by atoms with Crippen molar-refractivity contribution in [1.82, 2.24) is 15.5 Å². The summed E-state index contributed by atoms with van der Waals surface area (Å²) in [4.78, 5) is 18.5. The molecule has 0 bridgehead atoms. The summed E-state index contributed by atoms with van der Waals surface area (Å²) in [5.74, 6) is 1.76. The molecule has 0 fully saturated rings. The molecule has 3 N–H and O–H groups in total. The normalized spacial score (nSPS) is 14.6. The van der Waals surface area contributed by atoms with Crippen LogP contribution in [-0.4, -0.2) is 67.0 Å². The van der Waals surface area contributed by atoms with Gasteiger partial charge in [0.1, 0.15) is 5.60 Å². The molecule has 0 heterocycles. The van der Waals surface area contributed by atoms with Crippen molar-refractivity contribution in [3.05, 3.63) is 0 Å². The van der Waals surface area contributed by atoms with Gasteiger partial charge in [-0.05, 0) is 65.7 Å². The minimum atomic E-state index is -0.491. The molecule has 0 aliphatic carbocycles. The van der Waals surface area contributed by atoms with E-state index in [9.17, 15) is 9.90 Å². The van der Waals surface area contributed by atoms with E-state index >= 15 is 0 Å². The number of nitrogens with one attached hydrogen (secondary N) is 2. The Morgan fingerprint density at radius 1 is 1.18 bits per heavy atom. The maximum Gasteiger partial charge on any atom is 0.410 e. The van der Waals surface area contributed by atoms with Gasteiger partial charge < -0.3 is 25.4 Å². The summed E-state index contributed by atoms with van der Waals surface area (Å²) < 4.78 is 5.42. The molecule has 166 valence electrons. The molecule has 0 aromatic rings. The number of rotatable bonds is 11. The smallest absolute Gasteiger partial charge is 0.410 e. The number of aliphatic hydroxyl groups excluding tert-OH is 1. The molecule has 0 spiro atoms. The maximum absolute atomic E-state index is 12.2. The summed E-state index contributed by atoms with van der Waals surface area (Å²) in [5, 5.41) is 15.9. The van der Waals surface area contributed by atoms with Crippen molar-refractivity contribution >= 4 is 12.1 Å². The van der Waals surface area contributed by atoms with E-state index in [1.807, 2.05) is 34.6 Å². The predicted molar refractivity (Wildman–Crippen MR) is 117 cm³/mol. The molecule has 28 heavy (non-hydrogen) atoms. The highest BCUT2D eigenvalue weighted by molar-refractivity contribution is 5.79. The number of aliphatic imine (C=N–C) groups is 1. The van der Waals surface area contributed by atoms with Crippen molar-refractivity contribution in [2.45, 2.75) is 79.4 Å². The lowest BCUT2D eigenvalue weighted by atomic mass is 9.94. The summed E-state index contributed by atoms with van der Waals surface area (Å²) in [5.41, 5.74) is -0.491. The Hall–Kier alpha value is -1.50. The molecular weight excluding hydrogens is 356 g/mol. The van der Waals surface area contributed by atoms with Crippen LogP contribution in [0.25, 0.3) is 0 Å². The summed E-state index contributed by atoms with van der Waals surface area (Å²) in [6.45, 7) is 16.4. The lowest BCUT2D eigenvalue weighted by molar-refractivity contribution is 0.0230. The van der Waals surface area contributed by atoms with Crippen molar-refractivity contribution in [2.75, 3.05) is 33.3 Å². The Morgan fingerprint density at radius 2 is 1.82 bits per heavy atom. The Labute approximate surface area is 172 Å². The highest BCUT2D eigenvalue weighted by atomic mass is 16.6. The Kier molecular flexibility index (Phi) is 12.9. The Morgan fingerprint density at radius 3 is 2.32 bits per heavy atom. The van der Waals surface area contributed by atoms with Crippen LogP contribution in [0.4, 0.5) is 4.79 Å². The quantitative estimate of drug-likeness (QED) is 0.366. The van der Waals surface area contributed by atoms with E-state index < -0.39 is 5.60 Å². The first kappa shape index (κ1) is 26.5. The van der Waals surface area contributed by atoms with Crippen LogP contribution < -0.4 is 10.6 Å². The Bertz CT molecular complexity index is 461. The largest absolute Gasteiger partial charge is 0.444 e. The molecular formula is C21H44N4O3. The first-order chi connectivity index (χ1) is 13.0. The number of nitrogens with zero attached hydrogens (tertiary/aromatic N) is 2. The van der Waals surface area contributed by atoms with Gasteiger partial charge in [0.05, 0.1) is 0 Å². The van der Waals surface area contributed by atoms with E-state index in [1.165, 1.54) is 0 Å². The van der Waals surface area contributed by atoms with Crippen LogP contribution in [0.5, 0.6) is 0 Å². The lowest BCUT2D eigenvalue weighted by Gasteiger charge is -2.29. The number of aliphatic hydroxyl groups is 1. The third-order valence-electron chi connectivity index (χ3n) is 4.39. The summed E-state index contributed by atoms with van der Waals surface area (Å²) >= 11 is 0. The van der Waals surface area contributed by atoms with E-state index in [0.29, 0.717) is 24.9 Å². The second-order valence-electron chi connectivity index (χ2n) is 8.88. The average Bonchev–Trinajstić information content (AvgIpc) is 2.56. The van der Waals surface area contributed by atoms with Gasteiger partial charge in [0, 0.05) is 39.3 Å². The standard InChI is InChI=1S/C21H44N4O3/c1-9-22-19(24-15-18(11-13-26)14-16(2)3)23-12-10-17(4)25(8)20(27)28-21(5,6)7/h16-18,26H,9-15H2,1-8H3,(H2,22,23,24). The van der Waals surface area contributed by atoms with Gasteiger partial charge in [-0.15, -0.1) is 0 Å². The highest BCUT2D eigenvalue weighted by Crippen LogP contribution is 2.15. The number of hydrogen-bond donors (Lipinski definition) is 3. The number of ether oxygens (including phenoxy) is 1. The van der Waals surface area contributed by atoms with Crippen LogP contribution in [0.3, 0.4) is 0 Å². The SMILES string of the molecule is CCNC(=NCC(CCO)CC(C)C)NCCC(C)N(C)C(=O)OC(C)(C)C. The zero-order valence-electron chi connectivity index (χ0n) is 19.3. The third kappa shape index (κ3) is 12.8. The molecule has 0 aliphatic rings. The molecule has 0 aromatic heterocycles. The van der Waals surface area contributed by atoms with Gasteiger partial charge in [0.15, 0.2) is 5.96 Å². The molecule has 0 saturated heterocycles. The van der Waals surface area contributed by atoms with E-state index in [4.69, 9.17) is 4.74 Å². The molecule has 0 radical (unpaired) electrons. The molecule has 7 heteroatoms. The van der Waals surface area contributed by atoms with Gasteiger partial charge in [0.25, 0.3) is 0 Å². The molecule has 0 aliphatic heterocycles. The predicted octanol–water partition coefficient (Wildman–Crippen LogP) is 3.23. The summed E-state index contributed by atoms with van der Waals surface area (Å²) in [6, 6.07) is 0.0494. The number of carbonyl (C=O) groups excluding carboxylic acids is 1. The fourth-order valence-electron chi connectivity index (χ4n) is 2.80. The Balaban J connectivity index is 4.59. The topological polar surface area (TPSA) is 86.2 Å². The molecule has 1 amide bonds. The second-order valence-corrected chi connectivity index (χ2v) is 8.88. The molecule has 7 nitrogen and oxygen atoms in total. The molecule has 2 unspecified atom stereocenters. The minimum Gasteiger partial charge on any atom is -0.444 e. The van der Waals surface area contributed by atoms with Crippen LogP contribution in [-0.2, 0) is 4.74 Å². The van der Waals surface area contributed by atoms with Crippen LogP contribution in [0.2, 0.25) is 0 Å². The highest BCUT2D eigenvalue weighted by Gasteiger charge is 2.22. The van der Waals surface area contributed by atoms with Crippen LogP contribution in [0, 0.1) is 11.8 Å². The van der Waals surface area contributed by atoms with Crippen molar-refractivity contribution in [3.8, 4) is 0 Å². The fourth-order valence-corrected chi connectivity index (χ4v) is 2.80. The van der Waals surface area contributed by atoms with Gasteiger partial charge in [-0.1, -0.05) is 13.8 Å². The van der Waals surface area contributed by atoms with Crippen LogP contribution in [0.1, 0.15) is 67.7 Å². The minimum absolute atomic E-state index is 0.0494. The van der Waals surface area contributed by atoms with Gasteiger partial charge in [0.2, 0.25) is 0 Å². The van der Waals surface area contributed by atoms with E-state index in [-0.39, 0.29) is 18.7 Å². The van der Waals surface area contributed by atoms with Crippen LogP contribution >= 0.6 is 0 Å². The van der Waals surface area contributed by atoms with Crippen LogP contribution in [0.15, 0.2) is 4.99 Å². The molecule has 0 saturated carbocycles. The zero-order chi connectivity index (χ0) is 21.7. The van der Waals surface area contributed by atoms with Crippen molar-refractivity contribution in [3.63, 3.8) is 0 Å². The first-order valence-electron chi connectivity index (χ1n) is 10.6. The van der Waals surface area contributed by atoms with Gasteiger partial charge >= 0.3 is 6.09 Å². The van der Waals surface area contributed by atoms with E-state index in [2.05, 4.69) is 29.5 Å². The zero-order valence-corrected chi connectivity index (χ0v) is 19.3. The fraction of sp³-hybridized carbons (Fsp3) is 0.905. The van der Waals surface area contributed by atoms with Gasteiger partial charge in [-0.2, -0.15) is 0 Å². The maximum atomic E-state index is 12.2. The molecule has 0 aromatic carbocycles. The van der Waals surface area contributed by atoms with E-state index in [0.717, 1.165) is 31.8 Å². The van der Waals surface area contributed by atoms with Crippen molar-refractivity contribution in [2.24, 2.45) is 16.8 Å². The number of hydrogen-bond acceptors (Lipinski definition) is 4. The number of guanidine groups is 1. The number of amides is 1. The molecule has 2 atom stereocenters. The lowest BCUT2D eigenvalue weighted by Crippen LogP contribution is -2.43. The van der Waals surface area contributed by atoms with E-state index in [1.54, 1.807) is 11.9 Å². The third-order valence-corrected chi connectivity index (χ3v) is 4.39. The van der Waals surface area contributed by atoms with Gasteiger partial charge in [-0.3, -0.25) is 4.99 Å². The first-order valence-corrected chi connectivity index (χ1v) is 10.6. The monoisotopic (exact) mass is 400 g/mol.